The molecule has 0 saturated heterocycles. The maximum absolute atomic E-state index is 12.8. The summed E-state index contributed by atoms with van der Waals surface area (Å²) in [7, 11) is 0. The number of benzene rings is 1. The number of nitrogens with zero attached hydrogens (tertiary/aromatic N) is 4. The van der Waals surface area contributed by atoms with Crippen LogP contribution in [0.2, 0.25) is 5.02 Å². The summed E-state index contributed by atoms with van der Waals surface area (Å²) in [4.78, 5) is 8.28. The monoisotopic (exact) mass is 329 g/mol. The van der Waals surface area contributed by atoms with E-state index in [-0.39, 0.29) is 18.2 Å². The Morgan fingerprint density at radius 1 is 1.41 bits per heavy atom. The molecule has 0 aliphatic carbocycles. The third-order valence-electron chi connectivity index (χ3n) is 3.38. The lowest BCUT2D eigenvalue weighted by Gasteiger charge is -2.12. The number of nitrogens with two attached hydrogens (primary N) is 1. The van der Waals surface area contributed by atoms with E-state index in [1.54, 1.807) is 18.2 Å². The average Bonchev–Trinajstić information content (AvgIpc) is 2.96. The molecule has 0 bridgehead atoms. The van der Waals surface area contributed by atoms with Crippen LogP contribution in [0.25, 0.3) is 0 Å². The number of halogens is 4. The van der Waals surface area contributed by atoms with Crippen molar-refractivity contribution in [3.05, 3.63) is 28.8 Å². The molecule has 5 nitrogen and oxygen atoms in total. The normalized spacial score (nSPS) is 22.9. The first-order valence-corrected chi connectivity index (χ1v) is 6.76. The van der Waals surface area contributed by atoms with Crippen LogP contribution in [-0.2, 0) is 0 Å². The Morgan fingerprint density at radius 3 is 2.77 bits per heavy atom. The minimum atomic E-state index is -4.48. The second-order valence-corrected chi connectivity index (χ2v) is 5.39. The minimum absolute atomic E-state index is 0.0892. The van der Waals surface area contributed by atoms with E-state index < -0.39 is 17.9 Å². The predicted octanol–water partition coefficient (Wildman–Crippen LogP) is 3.00. The Bertz CT molecular complexity index is 723. The first-order chi connectivity index (χ1) is 10.3. The molecule has 0 amide bonds. The number of fused-ring (bicyclic) bond motifs is 1. The number of hydrazone groups is 1. The van der Waals surface area contributed by atoms with Gasteiger partial charge >= 0.3 is 6.18 Å². The summed E-state index contributed by atoms with van der Waals surface area (Å²) in [5.41, 5.74) is 6.11. The third kappa shape index (κ3) is 2.54. The molecular weight excluding hydrogens is 319 g/mol. The molecule has 1 unspecified atom stereocenters. The van der Waals surface area contributed by atoms with Gasteiger partial charge in [0.2, 0.25) is 5.96 Å². The lowest BCUT2D eigenvalue weighted by atomic mass is 10.1. The lowest BCUT2D eigenvalue weighted by Crippen LogP contribution is -2.34. The van der Waals surface area contributed by atoms with E-state index in [0.29, 0.717) is 10.7 Å². The zero-order chi connectivity index (χ0) is 16.1. The minimum Gasteiger partial charge on any atom is -0.368 e. The smallest absolute Gasteiger partial charge is 0.368 e. The standard InChI is InChI=1S/C13H11ClF3N5/c1-6-4-7(2-3-8(6)14)19-11-9-5-10(13(15,16)17)21-22(9)12(18)20-11/h2-4,9H,5H2,1H3,(H2,18,19,20). The predicted molar refractivity (Wildman–Crippen MR) is 78.6 cm³/mol. The van der Waals surface area contributed by atoms with Gasteiger partial charge in [-0.3, -0.25) is 0 Å². The van der Waals surface area contributed by atoms with Crippen molar-refractivity contribution in [2.24, 2.45) is 20.8 Å². The second-order valence-electron chi connectivity index (χ2n) is 4.98. The number of hydrogen-bond acceptors (Lipinski definition) is 4. The van der Waals surface area contributed by atoms with Crippen LogP contribution in [0.3, 0.4) is 0 Å². The molecule has 1 atom stereocenters. The molecule has 0 spiro atoms. The molecular formula is C13H11ClF3N5. The number of amidine groups is 1. The van der Waals surface area contributed by atoms with Crippen LogP contribution in [0.1, 0.15) is 12.0 Å². The Morgan fingerprint density at radius 2 is 2.14 bits per heavy atom. The molecule has 22 heavy (non-hydrogen) atoms. The molecule has 0 fully saturated rings. The molecule has 2 N–H and O–H groups in total. The van der Waals surface area contributed by atoms with Crippen molar-refractivity contribution >= 4 is 34.8 Å². The third-order valence-corrected chi connectivity index (χ3v) is 3.81. The SMILES string of the molecule is Cc1cc(N=C2N=C(N)N3N=C(C(F)(F)F)CC23)ccc1Cl. The summed E-state index contributed by atoms with van der Waals surface area (Å²) < 4.78 is 38.3. The molecule has 3 rings (SSSR count). The molecule has 9 heteroatoms. The van der Waals surface area contributed by atoms with Gasteiger partial charge in [0.15, 0.2) is 5.84 Å². The van der Waals surface area contributed by atoms with Crippen molar-refractivity contribution in [2.45, 2.75) is 25.6 Å². The summed E-state index contributed by atoms with van der Waals surface area (Å²) in [5.74, 6) is 0.121. The maximum Gasteiger partial charge on any atom is 0.431 e. The van der Waals surface area contributed by atoms with Crippen LogP contribution < -0.4 is 5.73 Å². The topological polar surface area (TPSA) is 66.3 Å². The summed E-state index contributed by atoms with van der Waals surface area (Å²) in [6.45, 7) is 1.81. The fourth-order valence-corrected chi connectivity index (χ4v) is 2.38. The van der Waals surface area contributed by atoms with Crippen molar-refractivity contribution in [3.63, 3.8) is 0 Å². The van der Waals surface area contributed by atoms with Crippen LogP contribution >= 0.6 is 11.6 Å². The van der Waals surface area contributed by atoms with E-state index in [4.69, 9.17) is 17.3 Å². The van der Waals surface area contributed by atoms with Gasteiger partial charge in [-0.1, -0.05) is 11.6 Å². The molecule has 2 aliphatic rings. The van der Waals surface area contributed by atoms with Crippen LogP contribution in [0.15, 0.2) is 33.3 Å². The first kappa shape index (κ1) is 14.8. The van der Waals surface area contributed by atoms with Crippen LogP contribution in [0.5, 0.6) is 0 Å². The van der Waals surface area contributed by atoms with Gasteiger partial charge in [0.05, 0.1) is 5.69 Å². The van der Waals surface area contributed by atoms with E-state index >= 15 is 0 Å². The van der Waals surface area contributed by atoms with E-state index in [1.165, 1.54) is 0 Å². The fourth-order valence-electron chi connectivity index (χ4n) is 2.27. The average molecular weight is 330 g/mol. The molecule has 0 aromatic heterocycles. The second kappa shape index (κ2) is 4.98. The molecule has 1 aromatic carbocycles. The van der Waals surface area contributed by atoms with Gasteiger partial charge in [-0.05, 0) is 30.7 Å². The highest BCUT2D eigenvalue weighted by Gasteiger charge is 2.47. The van der Waals surface area contributed by atoms with E-state index in [9.17, 15) is 13.2 Å². The van der Waals surface area contributed by atoms with Crippen LogP contribution in [-0.4, -0.2) is 34.7 Å². The summed E-state index contributed by atoms with van der Waals surface area (Å²) in [6, 6.07) is 4.34. The maximum atomic E-state index is 12.8. The highest BCUT2D eigenvalue weighted by atomic mass is 35.5. The van der Waals surface area contributed by atoms with E-state index in [0.717, 1.165) is 10.6 Å². The van der Waals surface area contributed by atoms with Crippen LogP contribution in [0, 0.1) is 6.92 Å². The lowest BCUT2D eigenvalue weighted by molar-refractivity contribution is -0.0600. The van der Waals surface area contributed by atoms with Gasteiger partial charge in [-0.25, -0.2) is 10.0 Å². The highest BCUT2D eigenvalue weighted by Crippen LogP contribution is 2.32. The van der Waals surface area contributed by atoms with Crippen molar-refractivity contribution in [2.75, 3.05) is 0 Å². The Hall–Kier alpha value is -2.09. The molecule has 0 radical (unpaired) electrons. The number of hydrogen-bond donors (Lipinski definition) is 1. The van der Waals surface area contributed by atoms with Gasteiger partial charge in [0, 0.05) is 11.4 Å². The van der Waals surface area contributed by atoms with Gasteiger partial charge in [-0.15, -0.1) is 0 Å². The molecule has 116 valence electrons. The van der Waals surface area contributed by atoms with Gasteiger partial charge in [0.1, 0.15) is 11.8 Å². The molecule has 2 heterocycles. The van der Waals surface area contributed by atoms with Crippen molar-refractivity contribution in [1.29, 1.82) is 0 Å². The Labute approximate surface area is 129 Å². The zero-order valence-corrected chi connectivity index (χ0v) is 12.2. The zero-order valence-electron chi connectivity index (χ0n) is 11.4. The van der Waals surface area contributed by atoms with Crippen LogP contribution in [0.4, 0.5) is 18.9 Å². The van der Waals surface area contributed by atoms with Gasteiger partial charge in [-0.2, -0.15) is 23.3 Å². The Kier molecular flexibility index (Phi) is 3.36. The van der Waals surface area contributed by atoms with Crippen molar-refractivity contribution in [1.82, 2.24) is 5.01 Å². The summed E-state index contributed by atoms with van der Waals surface area (Å²) >= 11 is 5.93. The van der Waals surface area contributed by atoms with E-state index in [1.807, 2.05) is 6.92 Å². The number of alkyl halides is 3. The summed E-state index contributed by atoms with van der Waals surface area (Å²) in [5, 5.41) is 5.14. The fraction of sp³-hybridized carbons (Fsp3) is 0.308. The Balaban J connectivity index is 1.91. The summed E-state index contributed by atoms with van der Waals surface area (Å²) in [6.07, 6.45) is -4.80. The number of aryl methyl sites for hydroxylation is 1. The molecule has 1 aromatic rings. The number of guanidine groups is 1. The van der Waals surface area contributed by atoms with Gasteiger partial charge < -0.3 is 5.73 Å². The van der Waals surface area contributed by atoms with Crippen molar-refractivity contribution < 1.29 is 13.2 Å². The number of rotatable bonds is 1. The first-order valence-electron chi connectivity index (χ1n) is 6.38. The van der Waals surface area contributed by atoms with Crippen molar-refractivity contribution in [3.8, 4) is 0 Å². The van der Waals surface area contributed by atoms with Gasteiger partial charge in [0.25, 0.3) is 0 Å². The quantitative estimate of drug-likeness (QED) is 0.860. The number of aliphatic imine (C=N–C) groups is 2. The highest BCUT2D eigenvalue weighted by molar-refractivity contribution is 6.31. The largest absolute Gasteiger partial charge is 0.431 e. The molecule has 2 aliphatic heterocycles. The van der Waals surface area contributed by atoms with E-state index in [2.05, 4.69) is 15.1 Å². The molecule has 0 saturated carbocycles.